The number of hydrogen-bond donors (Lipinski definition) is 1. The summed E-state index contributed by atoms with van der Waals surface area (Å²) in [5.74, 6) is 3.72. The summed E-state index contributed by atoms with van der Waals surface area (Å²) >= 11 is 0. The Bertz CT molecular complexity index is 180. The quantitative estimate of drug-likeness (QED) is 0.654. The average molecular weight is 179 g/mol. The van der Waals surface area contributed by atoms with Gasteiger partial charge in [-0.3, -0.25) is 0 Å². The number of terminal acetylenes is 1. The summed E-state index contributed by atoms with van der Waals surface area (Å²) in [6.07, 6.45) is 11.7. The standard InChI is InChI=1S/C12H21N/c1-4-6-11(5-2)13-12-8-7-10(3)9-12/h2,10-13H,4,6-9H2,1,3H3. The van der Waals surface area contributed by atoms with Crippen LogP contribution in [-0.2, 0) is 0 Å². The summed E-state index contributed by atoms with van der Waals surface area (Å²) in [5.41, 5.74) is 0. The molecule has 3 atom stereocenters. The Balaban J connectivity index is 2.26. The maximum Gasteiger partial charge on any atom is 0.0688 e. The summed E-state index contributed by atoms with van der Waals surface area (Å²) in [6.45, 7) is 4.51. The lowest BCUT2D eigenvalue weighted by Crippen LogP contribution is -2.35. The summed E-state index contributed by atoms with van der Waals surface area (Å²) in [4.78, 5) is 0. The van der Waals surface area contributed by atoms with Gasteiger partial charge in [-0.15, -0.1) is 6.42 Å². The van der Waals surface area contributed by atoms with Crippen LogP contribution in [0.2, 0.25) is 0 Å². The van der Waals surface area contributed by atoms with E-state index in [2.05, 4.69) is 25.1 Å². The first kappa shape index (κ1) is 10.6. The largest absolute Gasteiger partial charge is 0.301 e. The molecule has 0 bridgehead atoms. The van der Waals surface area contributed by atoms with E-state index in [1.165, 1.54) is 25.7 Å². The van der Waals surface area contributed by atoms with Gasteiger partial charge in [-0.1, -0.05) is 26.2 Å². The fraction of sp³-hybridized carbons (Fsp3) is 0.833. The summed E-state index contributed by atoms with van der Waals surface area (Å²) in [5, 5.41) is 3.56. The maximum atomic E-state index is 5.46. The molecule has 0 amide bonds. The predicted molar refractivity (Wildman–Crippen MR) is 57.5 cm³/mol. The molecule has 0 spiro atoms. The molecule has 74 valence electrons. The fourth-order valence-corrected chi connectivity index (χ4v) is 2.15. The Morgan fingerprint density at radius 2 is 2.31 bits per heavy atom. The van der Waals surface area contributed by atoms with Gasteiger partial charge in [-0.25, -0.2) is 0 Å². The Labute approximate surface area is 82.3 Å². The highest BCUT2D eigenvalue weighted by molar-refractivity contribution is 5.00. The third kappa shape index (κ3) is 3.40. The monoisotopic (exact) mass is 179 g/mol. The molecule has 1 heteroatoms. The van der Waals surface area contributed by atoms with Crippen molar-refractivity contribution in [2.75, 3.05) is 0 Å². The van der Waals surface area contributed by atoms with Crippen LogP contribution in [0.4, 0.5) is 0 Å². The Kier molecular flexibility index (Phi) is 4.32. The lowest BCUT2D eigenvalue weighted by Gasteiger charge is -2.17. The highest BCUT2D eigenvalue weighted by Crippen LogP contribution is 2.25. The normalized spacial score (nSPS) is 29.9. The molecule has 0 aromatic rings. The molecule has 1 aliphatic carbocycles. The minimum Gasteiger partial charge on any atom is -0.301 e. The molecule has 0 aliphatic heterocycles. The van der Waals surface area contributed by atoms with Gasteiger partial charge in [0.25, 0.3) is 0 Å². The summed E-state index contributed by atoms with van der Waals surface area (Å²) in [6, 6.07) is 0.989. The Morgan fingerprint density at radius 1 is 1.54 bits per heavy atom. The van der Waals surface area contributed by atoms with Crippen molar-refractivity contribution >= 4 is 0 Å². The van der Waals surface area contributed by atoms with Crippen LogP contribution in [0.1, 0.15) is 46.0 Å². The van der Waals surface area contributed by atoms with Crippen molar-refractivity contribution in [1.29, 1.82) is 0 Å². The van der Waals surface area contributed by atoms with Crippen LogP contribution in [0.3, 0.4) is 0 Å². The van der Waals surface area contributed by atoms with Crippen molar-refractivity contribution in [3.63, 3.8) is 0 Å². The van der Waals surface area contributed by atoms with Crippen molar-refractivity contribution < 1.29 is 0 Å². The lowest BCUT2D eigenvalue weighted by atomic mass is 10.1. The smallest absolute Gasteiger partial charge is 0.0688 e. The third-order valence-electron chi connectivity index (χ3n) is 2.91. The van der Waals surface area contributed by atoms with E-state index in [-0.39, 0.29) is 0 Å². The molecule has 1 aliphatic rings. The molecule has 0 heterocycles. The molecule has 0 saturated heterocycles. The second-order valence-corrected chi connectivity index (χ2v) is 4.29. The van der Waals surface area contributed by atoms with Crippen LogP contribution in [0, 0.1) is 18.3 Å². The molecule has 13 heavy (non-hydrogen) atoms. The SMILES string of the molecule is C#CC(CCC)NC1CCC(C)C1. The second kappa shape index (κ2) is 5.29. The third-order valence-corrected chi connectivity index (χ3v) is 2.91. The fourth-order valence-electron chi connectivity index (χ4n) is 2.15. The number of hydrogen-bond acceptors (Lipinski definition) is 1. The molecule has 1 nitrogen and oxygen atoms in total. The van der Waals surface area contributed by atoms with Crippen LogP contribution >= 0.6 is 0 Å². The minimum absolute atomic E-state index is 0.306. The van der Waals surface area contributed by atoms with Gasteiger partial charge in [0.2, 0.25) is 0 Å². The first-order valence-corrected chi connectivity index (χ1v) is 5.48. The lowest BCUT2D eigenvalue weighted by molar-refractivity contribution is 0.453. The average Bonchev–Trinajstić information content (AvgIpc) is 2.50. The van der Waals surface area contributed by atoms with Crippen LogP contribution in [-0.4, -0.2) is 12.1 Å². The molecule has 3 unspecified atom stereocenters. The van der Waals surface area contributed by atoms with Gasteiger partial charge in [-0.2, -0.15) is 0 Å². The first-order chi connectivity index (χ1) is 6.26. The molecular formula is C12H21N. The van der Waals surface area contributed by atoms with E-state index in [9.17, 15) is 0 Å². The summed E-state index contributed by atoms with van der Waals surface area (Å²) in [7, 11) is 0. The van der Waals surface area contributed by atoms with Crippen LogP contribution in [0.5, 0.6) is 0 Å². The molecule has 1 rings (SSSR count). The predicted octanol–water partition coefficient (Wildman–Crippen LogP) is 2.57. The zero-order chi connectivity index (χ0) is 9.68. The Hall–Kier alpha value is -0.480. The Morgan fingerprint density at radius 3 is 2.77 bits per heavy atom. The van der Waals surface area contributed by atoms with Gasteiger partial charge in [0, 0.05) is 6.04 Å². The minimum atomic E-state index is 0.306. The topological polar surface area (TPSA) is 12.0 Å². The van der Waals surface area contributed by atoms with Crippen LogP contribution in [0.15, 0.2) is 0 Å². The van der Waals surface area contributed by atoms with E-state index in [4.69, 9.17) is 6.42 Å². The van der Waals surface area contributed by atoms with Gasteiger partial charge in [0.05, 0.1) is 6.04 Å². The zero-order valence-electron chi connectivity index (χ0n) is 8.84. The van der Waals surface area contributed by atoms with Gasteiger partial charge in [0.1, 0.15) is 0 Å². The molecule has 0 radical (unpaired) electrons. The van der Waals surface area contributed by atoms with E-state index in [1.807, 2.05) is 0 Å². The van der Waals surface area contributed by atoms with Gasteiger partial charge in [-0.05, 0) is 31.6 Å². The van der Waals surface area contributed by atoms with Crippen LogP contribution < -0.4 is 5.32 Å². The second-order valence-electron chi connectivity index (χ2n) is 4.29. The van der Waals surface area contributed by atoms with Crippen molar-refractivity contribution in [2.24, 2.45) is 5.92 Å². The molecule has 0 aromatic carbocycles. The molecular weight excluding hydrogens is 158 g/mol. The highest BCUT2D eigenvalue weighted by Gasteiger charge is 2.22. The molecule has 1 N–H and O–H groups in total. The van der Waals surface area contributed by atoms with Gasteiger partial charge < -0.3 is 5.32 Å². The van der Waals surface area contributed by atoms with Crippen molar-refractivity contribution in [1.82, 2.24) is 5.32 Å². The summed E-state index contributed by atoms with van der Waals surface area (Å²) < 4.78 is 0. The van der Waals surface area contributed by atoms with Crippen molar-refractivity contribution in [3.8, 4) is 12.3 Å². The van der Waals surface area contributed by atoms with Gasteiger partial charge >= 0.3 is 0 Å². The maximum absolute atomic E-state index is 5.46. The zero-order valence-corrected chi connectivity index (χ0v) is 8.84. The number of nitrogens with one attached hydrogen (secondary N) is 1. The van der Waals surface area contributed by atoms with E-state index in [0.717, 1.165) is 12.3 Å². The highest BCUT2D eigenvalue weighted by atomic mass is 14.9. The molecule has 0 aromatic heterocycles. The van der Waals surface area contributed by atoms with Crippen LogP contribution in [0.25, 0.3) is 0 Å². The van der Waals surface area contributed by atoms with Crippen molar-refractivity contribution in [3.05, 3.63) is 0 Å². The molecule has 1 fully saturated rings. The van der Waals surface area contributed by atoms with E-state index >= 15 is 0 Å². The van der Waals surface area contributed by atoms with Crippen molar-refractivity contribution in [2.45, 2.75) is 58.0 Å². The van der Waals surface area contributed by atoms with E-state index < -0.39 is 0 Å². The van der Waals surface area contributed by atoms with Gasteiger partial charge in [0.15, 0.2) is 0 Å². The first-order valence-electron chi connectivity index (χ1n) is 5.48. The molecule has 1 saturated carbocycles. The van der Waals surface area contributed by atoms with E-state index in [0.29, 0.717) is 12.1 Å². The van der Waals surface area contributed by atoms with E-state index in [1.54, 1.807) is 0 Å². The number of rotatable bonds is 4.